The fraction of sp³-hybridized carbons (Fsp3) is 0.273. The Morgan fingerprint density at radius 2 is 1.89 bits per heavy atom. The highest BCUT2D eigenvalue weighted by molar-refractivity contribution is 6.31. The monoisotopic (exact) mass is 287 g/mol. The number of carboxylic acid groups (broad SMARTS) is 2. The van der Waals surface area contributed by atoms with Crippen LogP contribution in [-0.2, 0) is 16.0 Å². The van der Waals surface area contributed by atoms with Crippen LogP contribution in [0, 0.1) is 15.5 Å². The zero-order valence-electron chi connectivity index (χ0n) is 9.79. The number of rotatable bonds is 5. The maximum absolute atomic E-state index is 11.0. The summed E-state index contributed by atoms with van der Waals surface area (Å²) in [6, 6.07) is 3.47. The van der Waals surface area contributed by atoms with Gasteiger partial charge in [0.1, 0.15) is 0 Å². The summed E-state index contributed by atoms with van der Waals surface area (Å²) in [5, 5.41) is 28.7. The molecule has 0 radical (unpaired) electrons. The van der Waals surface area contributed by atoms with Gasteiger partial charge < -0.3 is 10.2 Å². The molecule has 7 nitrogen and oxygen atoms in total. The average molecular weight is 288 g/mol. The van der Waals surface area contributed by atoms with Gasteiger partial charge in [0.2, 0.25) is 0 Å². The summed E-state index contributed by atoms with van der Waals surface area (Å²) in [6.07, 6.45) is -0.446. The van der Waals surface area contributed by atoms with Gasteiger partial charge in [0.25, 0.3) is 5.69 Å². The van der Waals surface area contributed by atoms with E-state index in [4.69, 9.17) is 21.8 Å². The molecular weight excluding hydrogens is 278 g/mol. The summed E-state index contributed by atoms with van der Waals surface area (Å²) in [5.74, 6) is -3.08. The van der Waals surface area contributed by atoms with Gasteiger partial charge in [-0.3, -0.25) is 19.7 Å². The van der Waals surface area contributed by atoms with Gasteiger partial charge in [0.05, 0.1) is 4.92 Å². The molecule has 0 atom stereocenters. The van der Waals surface area contributed by atoms with Crippen molar-refractivity contribution in [2.75, 3.05) is 0 Å². The first-order valence-electron chi connectivity index (χ1n) is 5.08. The molecule has 1 aromatic rings. The van der Waals surface area contributed by atoms with Crippen LogP contribution < -0.4 is 0 Å². The van der Waals surface area contributed by atoms with E-state index in [-0.39, 0.29) is 16.3 Å². The molecule has 0 spiro atoms. The molecule has 0 unspecified atom stereocenters. The van der Waals surface area contributed by atoms with Crippen molar-refractivity contribution in [1.29, 1.82) is 0 Å². The summed E-state index contributed by atoms with van der Waals surface area (Å²) >= 11 is 5.81. The molecule has 1 aromatic carbocycles. The van der Waals surface area contributed by atoms with Gasteiger partial charge in [-0.1, -0.05) is 11.6 Å². The van der Waals surface area contributed by atoms with E-state index in [1.54, 1.807) is 0 Å². The maximum atomic E-state index is 11.0. The maximum Gasteiger partial charge on any atom is 0.321 e. The summed E-state index contributed by atoms with van der Waals surface area (Å²) in [5.41, 5.74) is -2.28. The van der Waals surface area contributed by atoms with Crippen molar-refractivity contribution in [3.05, 3.63) is 38.9 Å². The van der Waals surface area contributed by atoms with Crippen LogP contribution >= 0.6 is 11.6 Å². The minimum absolute atomic E-state index is 0.0827. The third kappa shape index (κ3) is 3.00. The summed E-state index contributed by atoms with van der Waals surface area (Å²) < 4.78 is 0. The topological polar surface area (TPSA) is 118 Å². The number of carboxylic acids is 2. The molecule has 1 rings (SSSR count). The standard InChI is InChI=1S/C11H10ClNO6/c1-11(9(14)15,10(16)17)5-6-4-7(13(18)19)2-3-8(6)12/h2-4H,5H2,1H3,(H,14,15)(H,16,17). The fourth-order valence-corrected chi connectivity index (χ4v) is 1.62. The Kier molecular flexibility index (Phi) is 4.10. The number of aliphatic carboxylic acids is 2. The molecule has 0 aliphatic carbocycles. The normalized spacial score (nSPS) is 11.1. The molecule has 0 saturated carbocycles. The Labute approximate surface area is 112 Å². The fourth-order valence-electron chi connectivity index (χ4n) is 1.43. The van der Waals surface area contributed by atoms with Crippen molar-refractivity contribution in [1.82, 2.24) is 0 Å². The van der Waals surface area contributed by atoms with Crippen LogP contribution in [0.2, 0.25) is 5.02 Å². The molecule has 0 aliphatic heterocycles. The lowest BCUT2D eigenvalue weighted by atomic mass is 9.83. The van der Waals surface area contributed by atoms with E-state index < -0.39 is 28.7 Å². The predicted molar refractivity (Wildman–Crippen MR) is 65.2 cm³/mol. The third-order valence-electron chi connectivity index (χ3n) is 2.73. The number of halogens is 1. The Hall–Kier alpha value is -2.15. The van der Waals surface area contributed by atoms with Gasteiger partial charge in [-0.15, -0.1) is 0 Å². The number of hydrogen-bond donors (Lipinski definition) is 2. The van der Waals surface area contributed by atoms with Gasteiger partial charge in [-0.25, -0.2) is 0 Å². The van der Waals surface area contributed by atoms with Crippen molar-refractivity contribution in [3.8, 4) is 0 Å². The van der Waals surface area contributed by atoms with Crippen LogP contribution in [0.3, 0.4) is 0 Å². The second kappa shape index (κ2) is 5.23. The number of nitro benzene ring substituents is 1. The number of carbonyl (C=O) groups is 2. The van der Waals surface area contributed by atoms with Crippen LogP contribution in [0.1, 0.15) is 12.5 Å². The van der Waals surface area contributed by atoms with Gasteiger partial charge in [0, 0.05) is 23.6 Å². The highest BCUT2D eigenvalue weighted by atomic mass is 35.5. The van der Waals surface area contributed by atoms with Crippen LogP contribution in [0.25, 0.3) is 0 Å². The second-order valence-corrected chi connectivity index (χ2v) is 4.56. The van der Waals surface area contributed by atoms with Gasteiger partial charge in [-0.05, 0) is 18.6 Å². The quantitative estimate of drug-likeness (QED) is 0.485. The van der Waals surface area contributed by atoms with Crippen molar-refractivity contribution in [3.63, 3.8) is 0 Å². The smallest absolute Gasteiger partial charge is 0.321 e. The second-order valence-electron chi connectivity index (χ2n) is 4.15. The van der Waals surface area contributed by atoms with Crippen molar-refractivity contribution >= 4 is 29.2 Å². The molecule has 0 aromatic heterocycles. The van der Waals surface area contributed by atoms with Crippen LogP contribution in [0.15, 0.2) is 18.2 Å². The number of nitrogens with zero attached hydrogens (tertiary/aromatic N) is 1. The predicted octanol–water partition coefficient (Wildman–Crippen LogP) is 1.97. The van der Waals surface area contributed by atoms with E-state index >= 15 is 0 Å². The largest absolute Gasteiger partial charge is 0.480 e. The van der Waals surface area contributed by atoms with Gasteiger partial charge in [0.15, 0.2) is 5.41 Å². The van der Waals surface area contributed by atoms with E-state index in [2.05, 4.69) is 0 Å². The average Bonchev–Trinajstić information content (AvgIpc) is 2.30. The summed E-state index contributed by atoms with van der Waals surface area (Å²) in [6.45, 7) is 1.02. The molecule has 102 valence electrons. The Morgan fingerprint density at radius 3 is 2.32 bits per heavy atom. The molecule has 0 fully saturated rings. The first-order valence-corrected chi connectivity index (χ1v) is 5.46. The first-order chi connectivity index (χ1) is 8.68. The number of nitro groups is 1. The summed E-state index contributed by atoms with van der Waals surface area (Å²) in [4.78, 5) is 32.0. The zero-order valence-corrected chi connectivity index (χ0v) is 10.5. The first kappa shape index (κ1) is 14.9. The molecule has 2 N–H and O–H groups in total. The molecule has 0 amide bonds. The SMILES string of the molecule is CC(Cc1cc([N+](=O)[O-])ccc1Cl)(C(=O)O)C(=O)O. The number of hydrogen-bond acceptors (Lipinski definition) is 4. The van der Waals surface area contributed by atoms with Crippen LogP contribution in [0.4, 0.5) is 5.69 Å². The van der Waals surface area contributed by atoms with Crippen LogP contribution in [-0.4, -0.2) is 27.1 Å². The minimum Gasteiger partial charge on any atom is -0.480 e. The van der Waals surface area contributed by atoms with Crippen molar-refractivity contribution in [2.45, 2.75) is 13.3 Å². The lowest BCUT2D eigenvalue weighted by Crippen LogP contribution is -2.38. The van der Waals surface area contributed by atoms with Crippen molar-refractivity contribution in [2.24, 2.45) is 5.41 Å². The molecule has 8 heteroatoms. The zero-order chi connectivity index (χ0) is 14.8. The van der Waals surface area contributed by atoms with Gasteiger partial charge in [-0.2, -0.15) is 0 Å². The van der Waals surface area contributed by atoms with Crippen LogP contribution in [0.5, 0.6) is 0 Å². The Balaban J connectivity index is 3.24. The number of non-ortho nitro benzene ring substituents is 1. The Bertz CT molecular complexity index is 542. The van der Waals surface area contributed by atoms with E-state index in [1.807, 2.05) is 0 Å². The van der Waals surface area contributed by atoms with Gasteiger partial charge >= 0.3 is 11.9 Å². The van der Waals surface area contributed by atoms with E-state index in [0.29, 0.717) is 0 Å². The molecule has 0 heterocycles. The van der Waals surface area contributed by atoms with Crippen molar-refractivity contribution < 1.29 is 24.7 Å². The molecule has 0 aliphatic rings. The lowest BCUT2D eigenvalue weighted by molar-refractivity contribution is -0.384. The molecule has 19 heavy (non-hydrogen) atoms. The lowest BCUT2D eigenvalue weighted by Gasteiger charge is -2.20. The van der Waals surface area contributed by atoms with E-state index in [9.17, 15) is 19.7 Å². The molecule has 0 bridgehead atoms. The third-order valence-corrected chi connectivity index (χ3v) is 3.10. The number of benzene rings is 1. The minimum atomic E-state index is -2.10. The van der Waals surface area contributed by atoms with E-state index in [1.165, 1.54) is 6.07 Å². The summed E-state index contributed by atoms with van der Waals surface area (Å²) in [7, 11) is 0. The molecule has 0 saturated heterocycles. The Morgan fingerprint density at radius 1 is 1.37 bits per heavy atom. The highest BCUT2D eigenvalue weighted by Gasteiger charge is 2.42. The highest BCUT2D eigenvalue weighted by Crippen LogP contribution is 2.30. The molecular formula is C11H10ClNO6. The van der Waals surface area contributed by atoms with E-state index in [0.717, 1.165) is 19.1 Å².